The van der Waals surface area contributed by atoms with Crippen molar-refractivity contribution in [2.45, 2.75) is 6.42 Å². The van der Waals surface area contributed by atoms with Gasteiger partial charge in [0.15, 0.2) is 0 Å². The Bertz CT molecular complexity index is 1190. The first-order valence-corrected chi connectivity index (χ1v) is 9.94. The number of nitrogens with zero attached hydrogens (tertiary/aromatic N) is 2. The summed E-state index contributed by atoms with van der Waals surface area (Å²) in [6, 6.07) is 9.41. The lowest BCUT2D eigenvalue weighted by Crippen LogP contribution is -2.29. The minimum absolute atomic E-state index is 0.0177. The first kappa shape index (κ1) is 17.5. The second-order valence-electron chi connectivity index (χ2n) is 6.02. The minimum atomic E-state index is -3.77. The van der Waals surface area contributed by atoms with Crippen LogP contribution in [-0.4, -0.2) is 36.2 Å². The molecule has 0 saturated carbocycles. The lowest BCUT2D eigenvalue weighted by Gasteiger charge is -2.17. The molecule has 0 atom stereocenters. The third-order valence-corrected chi connectivity index (χ3v) is 6.20. The Morgan fingerprint density at radius 2 is 2.04 bits per heavy atom. The van der Waals surface area contributed by atoms with E-state index in [1.807, 2.05) is 0 Å². The van der Waals surface area contributed by atoms with Crippen molar-refractivity contribution in [3.05, 3.63) is 53.2 Å². The molecule has 0 bridgehead atoms. The number of benzene rings is 2. The summed E-state index contributed by atoms with van der Waals surface area (Å²) in [5.41, 5.74) is 1.46. The van der Waals surface area contributed by atoms with Crippen LogP contribution in [0.1, 0.15) is 16.8 Å². The van der Waals surface area contributed by atoms with Crippen molar-refractivity contribution in [2.75, 3.05) is 15.4 Å². The summed E-state index contributed by atoms with van der Waals surface area (Å²) in [4.78, 5) is 24.6. The number of carbonyl (C=O) groups is 2. The van der Waals surface area contributed by atoms with E-state index in [1.54, 1.807) is 24.4 Å². The average molecular weight is 405 g/mol. The Morgan fingerprint density at radius 3 is 2.78 bits per heavy atom. The van der Waals surface area contributed by atoms with Crippen LogP contribution in [0.25, 0.3) is 10.9 Å². The molecule has 3 aromatic rings. The van der Waals surface area contributed by atoms with Gasteiger partial charge in [-0.3, -0.25) is 14.7 Å². The monoisotopic (exact) mass is 404 g/mol. The van der Waals surface area contributed by atoms with Crippen molar-refractivity contribution in [3.8, 4) is 0 Å². The Balaban J connectivity index is 1.65. The van der Waals surface area contributed by atoms with Gasteiger partial charge in [0.2, 0.25) is 15.9 Å². The molecule has 2 aromatic carbocycles. The number of aromatic nitrogens is 2. The summed E-state index contributed by atoms with van der Waals surface area (Å²) in [6.07, 6.45) is 1.55. The van der Waals surface area contributed by atoms with Crippen LogP contribution in [0, 0.1) is 0 Å². The molecule has 1 fully saturated rings. The van der Waals surface area contributed by atoms with Gasteiger partial charge in [-0.2, -0.15) is 5.10 Å². The molecular formula is C17H13ClN4O4S. The van der Waals surface area contributed by atoms with Crippen molar-refractivity contribution in [1.29, 1.82) is 0 Å². The van der Waals surface area contributed by atoms with Crippen LogP contribution in [0.3, 0.4) is 0 Å². The van der Waals surface area contributed by atoms with Gasteiger partial charge in [0.1, 0.15) is 0 Å². The first-order chi connectivity index (χ1) is 12.8. The topological polar surface area (TPSA) is 112 Å². The lowest BCUT2D eigenvalue weighted by molar-refractivity contribution is -0.116. The highest BCUT2D eigenvalue weighted by Gasteiger charge is 2.37. The van der Waals surface area contributed by atoms with Crippen LogP contribution in [0.2, 0.25) is 5.02 Å². The van der Waals surface area contributed by atoms with Crippen LogP contribution in [0.4, 0.5) is 11.4 Å². The Hall–Kier alpha value is -2.91. The van der Waals surface area contributed by atoms with Crippen molar-refractivity contribution in [1.82, 2.24) is 10.2 Å². The van der Waals surface area contributed by atoms with Crippen molar-refractivity contribution in [3.63, 3.8) is 0 Å². The molecule has 2 heterocycles. The van der Waals surface area contributed by atoms with Gasteiger partial charge in [-0.1, -0.05) is 11.6 Å². The number of H-pyrrole nitrogens is 1. The zero-order chi connectivity index (χ0) is 19.2. The second kappa shape index (κ2) is 6.36. The van der Waals surface area contributed by atoms with Crippen LogP contribution in [0.15, 0.2) is 42.6 Å². The van der Waals surface area contributed by atoms with E-state index in [0.29, 0.717) is 9.99 Å². The Labute approximate surface area is 159 Å². The van der Waals surface area contributed by atoms with Gasteiger partial charge in [-0.05, 0) is 36.4 Å². The van der Waals surface area contributed by atoms with Crippen molar-refractivity contribution in [2.24, 2.45) is 0 Å². The molecule has 1 aliphatic heterocycles. The van der Waals surface area contributed by atoms with E-state index < -0.39 is 21.8 Å². The largest absolute Gasteiger partial charge is 0.322 e. The normalized spacial score (nSPS) is 16.0. The summed E-state index contributed by atoms with van der Waals surface area (Å²) in [5, 5.41) is 10.4. The van der Waals surface area contributed by atoms with E-state index in [-0.39, 0.29) is 28.4 Å². The van der Waals surface area contributed by atoms with E-state index in [1.165, 1.54) is 18.2 Å². The fourth-order valence-corrected chi connectivity index (χ4v) is 4.60. The zero-order valence-electron chi connectivity index (χ0n) is 13.8. The number of fused-ring (bicyclic) bond motifs is 1. The van der Waals surface area contributed by atoms with E-state index in [4.69, 9.17) is 11.6 Å². The summed E-state index contributed by atoms with van der Waals surface area (Å²) >= 11 is 6.09. The molecule has 8 nitrogen and oxygen atoms in total. The molecule has 0 aliphatic carbocycles. The third kappa shape index (κ3) is 3.15. The summed E-state index contributed by atoms with van der Waals surface area (Å²) < 4.78 is 24.9. The van der Waals surface area contributed by atoms with Crippen molar-refractivity contribution >= 4 is 55.7 Å². The number of hydrogen-bond donors (Lipinski definition) is 2. The van der Waals surface area contributed by atoms with E-state index in [2.05, 4.69) is 15.5 Å². The Kier molecular flexibility index (Phi) is 4.12. The number of aromatic amines is 1. The fourth-order valence-electron chi connectivity index (χ4n) is 2.88. The minimum Gasteiger partial charge on any atom is -0.322 e. The average Bonchev–Trinajstić information content (AvgIpc) is 3.19. The molecule has 10 heteroatoms. The van der Waals surface area contributed by atoms with Gasteiger partial charge in [0, 0.05) is 23.1 Å². The van der Waals surface area contributed by atoms with Gasteiger partial charge in [-0.15, -0.1) is 0 Å². The maximum absolute atomic E-state index is 12.6. The van der Waals surface area contributed by atoms with Gasteiger partial charge in [0.05, 0.1) is 28.2 Å². The highest BCUT2D eigenvalue weighted by Crippen LogP contribution is 2.33. The van der Waals surface area contributed by atoms with E-state index >= 15 is 0 Å². The summed E-state index contributed by atoms with van der Waals surface area (Å²) in [7, 11) is -3.77. The number of carbonyl (C=O) groups excluding carboxylic acids is 2. The highest BCUT2D eigenvalue weighted by atomic mass is 35.5. The van der Waals surface area contributed by atoms with E-state index in [0.717, 1.165) is 10.9 Å². The van der Waals surface area contributed by atoms with Crippen LogP contribution in [-0.2, 0) is 14.8 Å². The maximum atomic E-state index is 12.6. The smallest absolute Gasteiger partial charge is 0.255 e. The Morgan fingerprint density at radius 1 is 1.22 bits per heavy atom. The molecule has 1 aromatic heterocycles. The molecule has 2 amide bonds. The SMILES string of the molecule is O=C(Nc1ccc2cn[nH]c2c1)c1ccc(Cl)c(N2C(=O)CCS2(=O)=O)c1. The van der Waals surface area contributed by atoms with Crippen LogP contribution < -0.4 is 9.62 Å². The predicted molar refractivity (Wildman–Crippen MR) is 101 cm³/mol. The number of sulfonamides is 1. The van der Waals surface area contributed by atoms with Gasteiger partial charge in [-0.25, -0.2) is 12.7 Å². The molecule has 4 rings (SSSR count). The number of nitrogens with one attached hydrogen (secondary N) is 2. The zero-order valence-corrected chi connectivity index (χ0v) is 15.3. The fraction of sp³-hybridized carbons (Fsp3) is 0.118. The van der Waals surface area contributed by atoms with Gasteiger partial charge in [0.25, 0.3) is 5.91 Å². The molecule has 0 spiro atoms. The van der Waals surface area contributed by atoms with Gasteiger partial charge < -0.3 is 5.32 Å². The number of amides is 2. The molecule has 138 valence electrons. The first-order valence-electron chi connectivity index (χ1n) is 7.95. The summed E-state index contributed by atoms with van der Waals surface area (Å²) in [5.74, 6) is -1.31. The molecule has 2 N–H and O–H groups in total. The second-order valence-corrected chi connectivity index (χ2v) is 8.36. The molecule has 1 saturated heterocycles. The number of halogens is 1. The van der Waals surface area contributed by atoms with Gasteiger partial charge >= 0.3 is 0 Å². The number of hydrogen-bond acceptors (Lipinski definition) is 5. The number of rotatable bonds is 3. The predicted octanol–water partition coefficient (Wildman–Crippen LogP) is 2.54. The number of anilines is 2. The molecule has 0 unspecified atom stereocenters. The standard InChI is InChI=1S/C17H13ClN4O4S/c18-13-4-2-10(7-15(13)22-16(23)5-6-27(22,25)26)17(24)20-12-3-1-11-9-19-21-14(11)8-12/h1-4,7-9H,5-6H2,(H,19,21)(H,20,24). The molecular weight excluding hydrogens is 392 g/mol. The molecule has 1 aliphatic rings. The lowest BCUT2D eigenvalue weighted by atomic mass is 10.1. The summed E-state index contributed by atoms with van der Waals surface area (Å²) in [6.45, 7) is 0. The van der Waals surface area contributed by atoms with Crippen molar-refractivity contribution < 1.29 is 18.0 Å². The third-order valence-electron chi connectivity index (χ3n) is 4.21. The maximum Gasteiger partial charge on any atom is 0.255 e. The van der Waals surface area contributed by atoms with E-state index in [9.17, 15) is 18.0 Å². The highest BCUT2D eigenvalue weighted by molar-refractivity contribution is 7.94. The van der Waals surface area contributed by atoms with Crippen LogP contribution in [0.5, 0.6) is 0 Å². The van der Waals surface area contributed by atoms with Crippen LogP contribution >= 0.6 is 11.6 Å². The molecule has 0 radical (unpaired) electrons. The molecule has 27 heavy (non-hydrogen) atoms. The quantitative estimate of drug-likeness (QED) is 0.696.